The van der Waals surface area contributed by atoms with Crippen LogP contribution in [0.15, 0.2) is 78.9 Å². The van der Waals surface area contributed by atoms with Crippen molar-refractivity contribution in [3.63, 3.8) is 0 Å². The minimum Gasteiger partial charge on any atom is -0.495 e. The van der Waals surface area contributed by atoms with Crippen molar-refractivity contribution in [2.45, 2.75) is 31.5 Å². The second-order valence-corrected chi connectivity index (χ2v) is 8.49. The third-order valence-corrected chi connectivity index (χ3v) is 5.72. The number of rotatable bonds is 11. The fraction of sp³-hybridized carbons (Fsp3) is 0.222. The molecule has 3 aromatic carbocycles. The van der Waals surface area contributed by atoms with Gasteiger partial charge in [-0.15, -0.1) is 0 Å². The predicted molar refractivity (Wildman–Crippen MR) is 137 cm³/mol. The normalized spacial score (nSPS) is 12.2. The maximum Gasteiger partial charge on any atom is 0.408 e. The molecule has 188 valence electrons. The molecule has 3 aromatic rings. The number of hydrogen-bond donors (Lipinski definition) is 3. The van der Waals surface area contributed by atoms with Gasteiger partial charge in [0.25, 0.3) is 0 Å². The first-order valence-corrected chi connectivity index (χ1v) is 11.7. The van der Waals surface area contributed by atoms with Gasteiger partial charge in [0.05, 0.1) is 12.1 Å². The molecule has 0 fully saturated rings. The molecule has 0 aromatic heterocycles. The monoisotopic (exact) mass is 509 g/mol. The van der Waals surface area contributed by atoms with Crippen LogP contribution in [0, 0.1) is 0 Å². The third-order valence-electron chi connectivity index (χ3n) is 5.42. The quantitative estimate of drug-likeness (QED) is 0.366. The van der Waals surface area contributed by atoms with E-state index < -0.39 is 30.0 Å². The van der Waals surface area contributed by atoms with Crippen molar-refractivity contribution in [3.8, 4) is 5.75 Å². The molecule has 3 rings (SSSR count). The molecule has 8 nitrogen and oxygen atoms in total. The predicted octanol–water partition coefficient (Wildman–Crippen LogP) is 3.40. The molecular weight excluding hydrogens is 482 g/mol. The van der Waals surface area contributed by atoms with E-state index in [4.69, 9.17) is 26.8 Å². The van der Waals surface area contributed by atoms with Crippen LogP contribution in [0.3, 0.4) is 0 Å². The fourth-order valence-electron chi connectivity index (χ4n) is 3.53. The van der Waals surface area contributed by atoms with Crippen LogP contribution in [-0.4, -0.2) is 37.1 Å². The van der Waals surface area contributed by atoms with Gasteiger partial charge in [0, 0.05) is 12.8 Å². The molecule has 9 heteroatoms. The summed E-state index contributed by atoms with van der Waals surface area (Å²) < 4.78 is 10.4. The van der Waals surface area contributed by atoms with Gasteiger partial charge in [-0.1, -0.05) is 78.3 Å². The maximum atomic E-state index is 13.2. The minimum absolute atomic E-state index is 0.0501. The molecule has 0 aliphatic rings. The van der Waals surface area contributed by atoms with Crippen LogP contribution in [0.5, 0.6) is 5.75 Å². The SMILES string of the molecule is COc1ccc(C[C@H](NC(=O)[C@H](Cc2ccccc2)NC(=O)OCc2ccccc2)C(N)=O)cc1Cl. The number of nitrogens with two attached hydrogens (primary N) is 1. The zero-order chi connectivity index (χ0) is 25.9. The summed E-state index contributed by atoms with van der Waals surface area (Å²) in [5, 5.41) is 5.63. The number of ether oxygens (including phenoxy) is 2. The van der Waals surface area contributed by atoms with Crippen LogP contribution in [-0.2, 0) is 33.8 Å². The second kappa shape index (κ2) is 13.2. The number of carbonyl (C=O) groups is 3. The number of methoxy groups -OCH3 is 1. The lowest BCUT2D eigenvalue weighted by molar-refractivity contribution is -0.128. The van der Waals surface area contributed by atoms with Crippen LogP contribution in [0.1, 0.15) is 16.7 Å². The highest BCUT2D eigenvalue weighted by Gasteiger charge is 2.27. The number of nitrogens with one attached hydrogen (secondary N) is 2. The number of hydrogen-bond acceptors (Lipinski definition) is 5. The number of carbonyl (C=O) groups excluding carboxylic acids is 3. The van der Waals surface area contributed by atoms with Gasteiger partial charge in [-0.2, -0.15) is 0 Å². The Labute approximate surface area is 214 Å². The van der Waals surface area contributed by atoms with E-state index in [1.807, 2.05) is 60.7 Å². The number of alkyl carbamates (subject to hydrolysis) is 1. The topological polar surface area (TPSA) is 120 Å². The van der Waals surface area contributed by atoms with Gasteiger partial charge in [-0.3, -0.25) is 9.59 Å². The van der Waals surface area contributed by atoms with Gasteiger partial charge in [-0.25, -0.2) is 4.79 Å². The van der Waals surface area contributed by atoms with Crippen molar-refractivity contribution in [1.82, 2.24) is 10.6 Å². The molecule has 36 heavy (non-hydrogen) atoms. The molecule has 0 heterocycles. The lowest BCUT2D eigenvalue weighted by atomic mass is 10.0. The first kappa shape index (κ1) is 26.6. The Kier molecular flexibility index (Phi) is 9.71. The molecule has 0 spiro atoms. The standard InChI is InChI=1S/C27H28ClN3O5/c1-35-24-13-12-20(14-21(24)28)16-22(25(29)32)30-26(33)23(15-18-8-4-2-5-9-18)31-27(34)36-17-19-10-6-3-7-11-19/h2-14,22-23H,15-17H2,1H3,(H2,29,32)(H,30,33)(H,31,34)/t22-,23-/m0/s1. The Morgan fingerprint density at radius 2 is 1.44 bits per heavy atom. The average molecular weight is 510 g/mol. The van der Waals surface area contributed by atoms with Gasteiger partial charge >= 0.3 is 6.09 Å². The fourth-order valence-corrected chi connectivity index (χ4v) is 3.81. The first-order valence-electron chi connectivity index (χ1n) is 11.3. The Balaban J connectivity index is 1.70. The number of amides is 3. The molecule has 0 bridgehead atoms. The molecule has 0 saturated carbocycles. The van der Waals surface area contributed by atoms with Crippen molar-refractivity contribution in [2.24, 2.45) is 5.73 Å². The highest BCUT2D eigenvalue weighted by Crippen LogP contribution is 2.25. The van der Waals surface area contributed by atoms with Gasteiger partial charge in [0.1, 0.15) is 24.4 Å². The Morgan fingerprint density at radius 1 is 0.833 bits per heavy atom. The van der Waals surface area contributed by atoms with Crippen LogP contribution in [0.25, 0.3) is 0 Å². The van der Waals surface area contributed by atoms with E-state index in [1.165, 1.54) is 7.11 Å². The van der Waals surface area contributed by atoms with Crippen LogP contribution in [0.4, 0.5) is 4.79 Å². The Hall–Kier alpha value is -4.04. The van der Waals surface area contributed by atoms with Crippen molar-refractivity contribution in [3.05, 3.63) is 101 Å². The summed E-state index contributed by atoms with van der Waals surface area (Å²) in [6.07, 6.45) is -0.457. The van der Waals surface area contributed by atoms with Crippen molar-refractivity contribution in [2.75, 3.05) is 7.11 Å². The maximum absolute atomic E-state index is 13.2. The summed E-state index contributed by atoms with van der Waals surface area (Å²) in [6.45, 7) is 0.0501. The largest absolute Gasteiger partial charge is 0.495 e. The first-order chi connectivity index (χ1) is 17.4. The second-order valence-electron chi connectivity index (χ2n) is 8.08. The van der Waals surface area contributed by atoms with Crippen molar-refractivity contribution in [1.29, 1.82) is 0 Å². The van der Waals surface area contributed by atoms with E-state index in [0.717, 1.165) is 11.1 Å². The Bertz CT molecular complexity index is 1170. The van der Waals surface area contributed by atoms with Crippen LogP contribution < -0.4 is 21.1 Å². The highest BCUT2D eigenvalue weighted by molar-refractivity contribution is 6.32. The molecule has 0 aliphatic carbocycles. The van der Waals surface area contributed by atoms with Crippen molar-refractivity contribution >= 4 is 29.5 Å². The Morgan fingerprint density at radius 3 is 2.03 bits per heavy atom. The third kappa shape index (κ3) is 8.02. The van der Waals surface area contributed by atoms with E-state index in [1.54, 1.807) is 18.2 Å². The molecule has 4 N–H and O–H groups in total. The number of primary amides is 1. The summed E-state index contributed by atoms with van der Waals surface area (Å²) in [4.78, 5) is 37.8. The zero-order valence-corrected chi connectivity index (χ0v) is 20.5. The molecule has 0 aliphatic heterocycles. The van der Waals surface area contributed by atoms with E-state index >= 15 is 0 Å². The summed E-state index contributed by atoms with van der Waals surface area (Å²) in [5.41, 5.74) is 7.88. The smallest absolute Gasteiger partial charge is 0.408 e. The van der Waals surface area contributed by atoms with Gasteiger partial charge in [0.2, 0.25) is 11.8 Å². The molecule has 2 atom stereocenters. The van der Waals surface area contributed by atoms with Crippen molar-refractivity contribution < 1.29 is 23.9 Å². The van der Waals surface area contributed by atoms with E-state index in [-0.39, 0.29) is 19.4 Å². The van der Waals surface area contributed by atoms with Gasteiger partial charge < -0.3 is 25.8 Å². The zero-order valence-electron chi connectivity index (χ0n) is 19.8. The lowest BCUT2D eigenvalue weighted by Crippen LogP contribution is -2.54. The summed E-state index contributed by atoms with van der Waals surface area (Å²) in [5.74, 6) is -0.805. The summed E-state index contributed by atoms with van der Waals surface area (Å²) in [6, 6.07) is 21.4. The highest BCUT2D eigenvalue weighted by atomic mass is 35.5. The average Bonchev–Trinajstić information content (AvgIpc) is 2.88. The molecule has 0 saturated heterocycles. The van der Waals surface area contributed by atoms with Gasteiger partial charge in [0.15, 0.2) is 0 Å². The van der Waals surface area contributed by atoms with Crippen LogP contribution in [0.2, 0.25) is 5.02 Å². The summed E-state index contributed by atoms with van der Waals surface area (Å²) >= 11 is 6.18. The van der Waals surface area contributed by atoms with E-state index in [2.05, 4.69) is 10.6 Å². The van der Waals surface area contributed by atoms with Gasteiger partial charge in [-0.05, 0) is 28.8 Å². The molecule has 0 unspecified atom stereocenters. The van der Waals surface area contributed by atoms with E-state index in [9.17, 15) is 14.4 Å². The molecular formula is C27H28ClN3O5. The lowest BCUT2D eigenvalue weighted by Gasteiger charge is -2.22. The number of benzene rings is 3. The molecule has 0 radical (unpaired) electrons. The molecule has 3 amide bonds. The summed E-state index contributed by atoms with van der Waals surface area (Å²) in [7, 11) is 1.50. The van der Waals surface area contributed by atoms with E-state index in [0.29, 0.717) is 16.3 Å². The minimum atomic E-state index is -1.03. The number of halogens is 1. The van der Waals surface area contributed by atoms with Crippen LogP contribution >= 0.6 is 11.6 Å².